The van der Waals surface area contributed by atoms with Crippen LogP contribution in [0.4, 0.5) is 4.79 Å². The van der Waals surface area contributed by atoms with Crippen LogP contribution in [0.15, 0.2) is 4.52 Å². The maximum absolute atomic E-state index is 12.1. The molecule has 1 aromatic rings. The van der Waals surface area contributed by atoms with Crippen molar-refractivity contribution in [3.63, 3.8) is 0 Å². The van der Waals surface area contributed by atoms with Crippen LogP contribution in [0.25, 0.3) is 0 Å². The molecule has 3 N–H and O–H groups in total. The molecule has 0 aromatic carbocycles. The molecule has 0 radical (unpaired) electrons. The zero-order chi connectivity index (χ0) is 16.1. The molecule has 1 fully saturated rings. The number of primary amides is 1. The molecule has 22 heavy (non-hydrogen) atoms. The number of amides is 3. The topological polar surface area (TPSA) is 114 Å². The van der Waals surface area contributed by atoms with Crippen molar-refractivity contribution >= 4 is 11.9 Å². The van der Waals surface area contributed by atoms with Crippen molar-refractivity contribution in [2.75, 3.05) is 19.6 Å². The predicted molar refractivity (Wildman–Crippen MR) is 79.0 cm³/mol. The highest BCUT2D eigenvalue weighted by atomic mass is 16.5. The van der Waals surface area contributed by atoms with Gasteiger partial charge in [-0.2, -0.15) is 4.98 Å². The molecule has 0 unspecified atom stereocenters. The smallest absolute Gasteiger partial charge is 0.314 e. The van der Waals surface area contributed by atoms with Crippen molar-refractivity contribution in [2.24, 2.45) is 11.7 Å². The molecule has 8 heteroatoms. The Hall–Kier alpha value is -2.12. The van der Waals surface area contributed by atoms with E-state index in [1.807, 2.05) is 13.8 Å². The lowest BCUT2D eigenvalue weighted by molar-refractivity contribution is -0.126. The van der Waals surface area contributed by atoms with Crippen LogP contribution >= 0.6 is 0 Å². The molecule has 1 aliphatic rings. The lowest BCUT2D eigenvalue weighted by Gasteiger charge is -2.30. The Bertz CT molecular complexity index is 528. The molecule has 1 saturated heterocycles. The summed E-state index contributed by atoms with van der Waals surface area (Å²) in [6.07, 6.45) is 2.06. The summed E-state index contributed by atoms with van der Waals surface area (Å²) in [6, 6.07) is -0.468. The monoisotopic (exact) mass is 309 g/mol. The molecule has 1 aliphatic heterocycles. The van der Waals surface area contributed by atoms with E-state index in [0.717, 1.165) is 12.8 Å². The summed E-state index contributed by atoms with van der Waals surface area (Å²) in [6.45, 7) is 5.43. The summed E-state index contributed by atoms with van der Waals surface area (Å²) in [5.74, 6) is 1.15. The van der Waals surface area contributed by atoms with Crippen LogP contribution in [0.3, 0.4) is 0 Å². The van der Waals surface area contributed by atoms with Crippen LogP contribution in [0, 0.1) is 5.92 Å². The number of nitrogens with two attached hydrogens (primary N) is 1. The van der Waals surface area contributed by atoms with Gasteiger partial charge in [0.05, 0.1) is 5.92 Å². The summed E-state index contributed by atoms with van der Waals surface area (Å²) >= 11 is 0. The third-order valence-corrected chi connectivity index (χ3v) is 3.74. The van der Waals surface area contributed by atoms with E-state index in [0.29, 0.717) is 37.8 Å². The zero-order valence-corrected chi connectivity index (χ0v) is 13.0. The maximum Gasteiger partial charge on any atom is 0.314 e. The second-order valence-corrected chi connectivity index (χ2v) is 5.87. The van der Waals surface area contributed by atoms with E-state index in [1.165, 1.54) is 4.90 Å². The van der Waals surface area contributed by atoms with Gasteiger partial charge in [-0.3, -0.25) is 4.79 Å². The van der Waals surface area contributed by atoms with Gasteiger partial charge in [-0.25, -0.2) is 4.79 Å². The van der Waals surface area contributed by atoms with Crippen molar-refractivity contribution in [3.8, 4) is 0 Å². The Labute approximate surface area is 129 Å². The van der Waals surface area contributed by atoms with Gasteiger partial charge in [0.2, 0.25) is 11.8 Å². The first-order valence-corrected chi connectivity index (χ1v) is 7.62. The largest absolute Gasteiger partial charge is 0.355 e. The van der Waals surface area contributed by atoms with Crippen molar-refractivity contribution in [1.82, 2.24) is 20.4 Å². The van der Waals surface area contributed by atoms with Gasteiger partial charge in [0.15, 0.2) is 5.82 Å². The molecule has 1 aromatic heterocycles. The number of rotatable bonds is 5. The van der Waals surface area contributed by atoms with Crippen LogP contribution in [-0.4, -0.2) is 46.6 Å². The number of nitrogens with one attached hydrogen (secondary N) is 1. The van der Waals surface area contributed by atoms with E-state index >= 15 is 0 Å². The average Bonchev–Trinajstić information content (AvgIpc) is 2.96. The molecule has 122 valence electrons. The van der Waals surface area contributed by atoms with Gasteiger partial charge in [0.25, 0.3) is 0 Å². The average molecular weight is 309 g/mol. The fraction of sp³-hybridized carbons (Fsp3) is 0.714. The first-order valence-electron chi connectivity index (χ1n) is 7.62. The fourth-order valence-corrected chi connectivity index (χ4v) is 2.43. The fourth-order valence-electron chi connectivity index (χ4n) is 2.43. The quantitative estimate of drug-likeness (QED) is 0.828. The third kappa shape index (κ3) is 4.19. The van der Waals surface area contributed by atoms with Gasteiger partial charge in [-0.05, 0) is 12.8 Å². The van der Waals surface area contributed by atoms with Crippen molar-refractivity contribution < 1.29 is 14.1 Å². The number of piperidine rings is 1. The number of nitrogens with zero attached hydrogens (tertiary/aromatic N) is 3. The molecule has 0 aliphatic carbocycles. The van der Waals surface area contributed by atoms with Gasteiger partial charge >= 0.3 is 6.03 Å². The number of hydrogen-bond acceptors (Lipinski definition) is 5. The normalized spacial score (nSPS) is 18.5. The Morgan fingerprint density at radius 2 is 2.27 bits per heavy atom. The summed E-state index contributed by atoms with van der Waals surface area (Å²) in [7, 11) is 0. The van der Waals surface area contributed by atoms with Crippen LogP contribution in [0.5, 0.6) is 0 Å². The molecular formula is C14H23N5O3. The standard InChI is InChI=1S/C14H23N5O3/c1-9(2)12-17-11(22-18-12)5-6-16-13(20)10-4-3-7-19(8-10)14(15)21/h9-10H,3-8H2,1-2H3,(H2,15,21)(H,16,20)/t10-/m0/s1. The third-order valence-electron chi connectivity index (χ3n) is 3.74. The number of carbonyl (C=O) groups excluding carboxylic acids is 2. The second kappa shape index (κ2) is 7.24. The van der Waals surface area contributed by atoms with Gasteiger partial charge in [0, 0.05) is 32.0 Å². The van der Waals surface area contributed by atoms with E-state index in [-0.39, 0.29) is 17.7 Å². The minimum absolute atomic E-state index is 0.0606. The Balaban J connectivity index is 1.76. The Morgan fingerprint density at radius 3 is 2.91 bits per heavy atom. The first kappa shape index (κ1) is 16.3. The van der Waals surface area contributed by atoms with Gasteiger partial charge < -0.3 is 20.5 Å². The van der Waals surface area contributed by atoms with Gasteiger partial charge in [0.1, 0.15) is 0 Å². The molecule has 2 rings (SSSR count). The summed E-state index contributed by atoms with van der Waals surface area (Å²) in [5, 5.41) is 6.73. The van der Waals surface area contributed by atoms with E-state index < -0.39 is 6.03 Å². The first-order chi connectivity index (χ1) is 10.5. The molecule has 8 nitrogen and oxygen atoms in total. The Kier molecular flexibility index (Phi) is 5.35. The highest BCUT2D eigenvalue weighted by molar-refractivity contribution is 5.80. The number of aromatic nitrogens is 2. The van der Waals surface area contributed by atoms with Gasteiger partial charge in [-0.15, -0.1) is 0 Å². The molecule has 2 heterocycles. The van der Waals surface area contributed by atoms with Crippen LogP contribution in [-0.2, 0) is 11.2 Å². The molecule has 0 spiro atoms. The minimum atomic E-state index is -0.468. The van der Waals surface area contributed by atoms with Crippen LogP contribution < -0.4 is 11.1 Å². The SMILES string of the molecule is CC(C)c1noc(CCNC(=O)[C@H]2CCCN(C(N)=O)C2)n1. The van der Waals surface area contributed by atoms with Crippen molar-refractivity contribution in [2.45, 2.75) is 39.0 Å². The number of carbonyl (C=O) groups is 2. The van der Waals surface area contributed by atoms with Crippen LogP contribution in [0.1, 0.15) is 44.3 Å². The van der Waals surface area contributed by atoms with E-state index in [1.54, 1.807) is 0 Å². The summed E-state index contributed by atoms with van der Waals surface area (Å²) < 4.78 is 5.12. The molecular weight excluding hydrogens is 286 g/mol. The molecule has 0 bridgehead atoms. The molecule has 0 saturated carbocycles. The number of hydrogen-bond donors (Lipinski definition) is 2. The minimum Gasteiger partial charge on any atom is -0.355 e. The number of urea groups is 1. The molecule has 3 amide bonds. The van der Waals surface area contributed by atoms with E-state index in [4.69, 9.17) is 10.3 Å². The van der Waals surface area contributed by atoms with Crippen LogP contribution in [0.2, 0.25) is 0 Å². The lowest BCUT2D eigenvalue weighted by atomic mass is 9.97. The second-order valence-electron chi connectivity index (χ2n) is 5.87. The zero-order valence-electron chi connectivity index (χ0n) is 13.0. The lowest BCUT2D eigenvalue weighted by Crippen LogP contribution is -2.47. The van der Waals surface area contributed by atoms with Crippen molar-refractivity contribution in [1.29, 1.82) is 0 Å². The van der Waals surface area contributed by atoms with Crippen molar-refractivity contribution in [3.05, 3.63) is 11.7 Å². The summed E-state index contributed by atoms with van der Waals surface area (Å²) in [4.78, 5) is 29.1. The van der Waals surface area contributed by atoms with Gasteiger partial charge in [-0.1, -0.05) is 19.0 Å². The molecule has 1 atom stereocenters. The number of likely N-dealkylation sites (tertiary alicyclic amines) is 1. The van der Waals surface area contributed by atoms with E-state index in [2.05, 4.69) is 15.5 Å². The highest BCUT2D eigenvalue weighted by Crippen LogP contribution is 2.16. The predicted octanol–water partition coefficient (Wildman–Crippen LogP) is 0.642. The maximum atomic E-state index is 12.1. The van der Waals surface area contributed by atoms with E-state index in [9.17, 15) is 9.59 Å². The summed E-state index contributed by atoms with van der Waals surface area (Å²) in [5.41, 5.74) is 5.26. The Morgan fingerprint density at radius 1 is 1.50 bits per heavy atom. The highest BCUT2D eigenvalue weighted by Gasteiger charge is 2.27.